The fourth-order valence-electron chi connectivity index (χ4n) is 1.59. The number of amides is 2. The Kier molecular flexibility index (Phi) is 3.65. The van der Waals surface area contributed by atoms with E-state index in [1.54, 1.807) is 0 Å². The Hall–Kier alpha value is -1.97. The summed E-state index contributed by atoms with van der Waals surface area (Å²) < 4.78 is 5.58. The molecule has 0 atom stereocenters. The summed E-state index contributed by atoms with van der Waals surface area (Å²) >= 11 is 0. The molecule has 0 aliphatic heterocycles. The highest BCUT2D eigenvalue weighted by Crippen LogP contribution is 2.18. The molecule has 4 nitrogen and oxygen atoms in total. The third-order valence-electron chi connectivity index (χ3n) is 2.44. The van der Waals surface area contributed by atoms with Crippen LogP contribution in [0.25, 0.3) is 11.0 Å². The SMILES string of the molecule is CCCNC(=O)NCc1cc2ccccc2o1. The summed E-state index contributed by atoms with van der Waals surface area (Å²) in [5, 5.41) is 6.55. The molecule has 0 aliphatic rings. The second kappa shape index (κ2) is 5.39. The van der Waals surface area contributed by atoms with Crippen LogP contribution < -0.4 is 10.6 Å². The van der Waals surface area contributed by atoms with Crippen molar-refractivity contribution >= 4 is 17.0 Å². The van der Waals surface area contributed by atoms with Gasteiger partial charge in [-0.15, -0.1) is 0 Å². The first-order valence-corrected chi connectivity index (χ1v) is 5.78. The van der Waals surface area contributed by atoms with Gasteiger partial charge in [-0.3, -0.25) is 0 Å². The van der Waals surface area contributed by atoms with Gasteiger partial charge in [0.05, 0.1) is 6.54 Å². The molecule has 2 rings (SSSR count). The van der Waals surface area contributed by atoms with E-state index < -0.39 is 0 Å². The molecular formula is C13H16N2O2. The third-order valence-corrected chi connectivity index (χ3v) is 2.44. The Morgan fingerprint density at radius 1 is 1.29 bits per heavy atom. The van der Waals surface area contributed by atoms with Gasteiger partial charge in [0.25, 0.3) is 0 Å². The van der Waals surface area contributed by atoms with Crippen molar-refractivity contribution in [3.8, 4) is 0 Å². The summed E-state index contributed by atoms with van der Waals surface area (Å²) in [6.45, 7) is 3.11. The number of rotatable bonds is 4. The summed E-state index contributed by atoms with van der Waals surface area (Å²) in [4.78, 5) is 11.3. The number of benzene rings is 1. The van der Waals surface area contributed by atoms with Crippen molar-refractivity contribution in [2.75, 3.05) is 6.54 Å². The van der Waals surface area contributed by atoms with Crippen molar-refractivity contribution in [1.29, 1.82) is 0 Å². The minimum atomic E-state index is -0.160. The zero-order chi connectivity index (χ0) is 12.1. The Labute approximate surface area is 100.0 Å². The van der Waals surface area contributed by atoms with Crippen molar-refractivity contribution in [1.82, 2.24) is 10.6 Å². The molecule has 0 unspecified atom stereocenters. The highest BCUT2D eigenvalue weighted by Gasteiger charge is 2.04. The van der Waals surface area contributed by atoms with Crippen molar-refractivity contribution in [3.63, 3.8) is 0 Å². The number of para-hydroxylation sites is 1. The van der Waals surface area contributed by atoms with Crippen LogP contribution in [0, 0.1) is 0 Å². The Morgan fingerprint density at radius 3 is 2.88 bits per heavy atom. The molecule has 0 fully saturated rings. The smallest absolute Gasteiger partial charge is 0.315 e. The van der Waals surface area contributed by atoms with Crippen LogP contribution in [0.15, 0.2) is 34.7 Å². The van der Waals surface area contributed by atoms with Gasteiger partial charge >= 0.3 is 6.03 Å². The normalized spacial score (nSPS) is 10.4. The summed E-state index contributed by atoms with van der Waals surface area (Å²) in [6.07, 6.45) is 0.929. The molecule has 1 aromatic carbocycles. The lowest BCUT2D eigenvalue weighted by molar-refractivity contribution is 0.239. The number of carbonyl (C=O) groups excluding carboxylic acids is 1. The lowest BCUT2D eigenvalue weighted by Crippen LogP contribution is -2.35. The molecule has 17 heavy (non-hydrogen) atoms. The zero-order valence-electron chi connectivity index (χ0n) is 9.82. The van der Waals surface area contributed by atoms with Crippen LogP contribution in [0.2, 0.25) is 0 Å². The van der Waals surface area contributed by atoms with E-state index in [9.17, 15) is 4.79 Å². The van der Waals surface area contributed by atoms with Gasteiger partial charge in [-0.25, -0.2) is 4.79 Å². The first-order valence-electron chi connectivity index (χ1n) is 5.78. The second-order valence-corrected chi connectivity index (χ2v) is 3.86. The van der Waals surface area contributed by atoms with Crippen LogP contribution >= 0.6 is 0 Å². The molecular weight excluding hydrogens is 216 g/mol. The maximum atomic E-state index is 11.3. The Balaban J connectivity index is 1.92. The van der Waals surface area contributed by atoms with Gasteiger partial charge in [0.15, 0.2) is 0 Å². The molecule has 1 aromatic heterocycles. The number of nitrogens with one attached hydrogen (secondary N) is 2. The number of urea groups is 1. The fourth-order valence-corrected chi connectivity index (χ4v) is 1.59. The number of carbonyl (C=O) groups is 1. The molecule has 0 spiro atoms. The topological polar surface area (TPSA) is 54.3 Å². The van der Waals surface area contributed by atoms with Crippen LogP contribution in [0.5, 0.6) is 0 Å². The van der Waals surface area contributed by atoms with Crippen molar-refractivity contribution in [3.05, 3.63) is 36.1 Å². The van der Waals surface area contributed by atoms with Crippen molar-refractivity contribution in [2.24, 2.45) is 0 Å². The highest BCUT2D eigenvalue weighted by molar-refractivity contribution is 5.78. The monoisotopic (exact) mass is 232 g/mol. The minimum Gasteiger partial charge on any atom is -0.459 e. The third kappa shape index (κ3) is 3.00. The van der Waals surface area contributed by atoms with Gasteiger partial charge < -0.3 is 15.1 Å². The predicted molar refractivity (Wildman–Crippen MR) is 66.7 cm³/mol. The van der Waals surface area contributed by atoms with E-state index in [0.717, 1.165) is 23.2 Å². The molecule has 0 aliphatic carbocycles. The Morgan fingerprint density at radius 2 is 2.12 bits per heavy atom. The standard InChI is InChI=1S/C13H16N2O2/c1-2-7-14-13(16)15-9-11-8-10-5-3-4-6-12(10)17-11/h3-6,8H,2,7,9H2,1H3,(H2,14,15,16). The van der Waals surface area contributed by atoms with Crippen LogP contribution in [0.3, 0.4) is 0 Å². The van der Waals surface area contributed by atoms with E-state index in [1.165, 1.54) is 0 Å². The van der Waals surface area contributed by atoms with Crippen molar-refractivity contribution < 1.29 is 9.21 Å². The average Bonchev–Trinajstić information content (AvgIpc) is 2.76. The van der Waals surface area contributed by atoms with Crippen molar-refractivity contribution in [2.45, 2.75) is 19.9 Å². The largest absolute Gasteiger partial charge is 0.459 e. The average molecular weight is 232 g/mol. The maximum absolute atomic E-state index is 11.3. The number of hydrogen-bond acceptors (Lipinski definition) is 2. The molecule has 0 bridgehead atoms. The van der Waals surface area contributed by atoms with Gasteiger partial charge in [0.2, 0.25) is 0 Å². The zero-order valence-corrected chi connectivity index (χ0v) is 9.82. The van der Waals surface area contributed by atoms with Gasteiger partial charge in [-0.1, -0.05) is 25.1 Å². The van der Waals surface area contributed by atoms with Crippen LogP contribution in [-0.4, -0.2) is 12.6 Å². The summed E-state index contributed by atoms with van der Waals surface area (Å²) in [7, 11) is 0. The summed E-state index contributed by atoms with van der Waals surface area (Å²) in [6, 6.07) is 9.57. The van der Waals surface area contributed by atoms with Crippen LogP contribution in [-0.2, 0) is 6.54 Å². The summed E-state index contributed by atoms with van der Waals surface area (Å²) in [5.74, 6) is 0.762. The second-order valence-electron chi connectivity index (χ2n) is 3.86. The first-order chi connectivity index (χ1) is 8.29. The van der Waals surface area contributed by atoms with Crippen LogP contribution in [0.4, 0.5) is 4.79 Å². The molecule has 2 aromatic rings. The van der Waals surface area contributed by atoms with Crippen LogP contribution in [0.1, 0.15) is 19.1 Å². The van der Waals surface area contributed by atoms with E-state index in [-0.39, 0.29) is 6.03 Å². The highest BCUT2D eigenvalue weighted by atomic mass is 16.3. The van der Waals surface area contributed by atoms with Gasteiger partial charge in [-0.2, -0.15) is 0 Å². The maximum Gasteiger partial charge on any atom is 0.315 e. The molecule has 0 saturated heterocycles. The number of hydrogen-bond donors (Lipinski definition) is 2. The summed E-state index contributed by atoms with van der Waals surface area (Å²) in [5.41, 5.74) is 0.846. The Bertz CT molecular complexity index is 472. The fraction of sp³-hybridized carbons (Fsp3) is 0.308. The molecule has 2 N–H and O–H groups in total. The number of furan rings is 1. The van der Waals surface area contributed by atoms with E-state index >= 15 is 0 Å². The van der Waals surface area contributed by atoms with Gasteiger partial charge in [0.1, 0.15) is 11.3 Å². The van der Waals surface area contributed by atoms with E-state index in [4.69, 9.17) is 4.42 Å². The molecule has 90 valence electrons. The lowest BCUT2D eigenvalue weighted by Gasteiger charge is -2.04. The lowest BCUT2D eigenvalue weighted by atomic mass is 10.2. The molecule has 0 saturated carbocycles. The number of fused-ring (bicyclic) bond motifs is 1. The van der Waals surface area contributed by atoms with E-state index in [2.05, 4.69) is 10.6 Å². The first kappa shape index (κ1) is 11.5. The molecule has 1 heterocycles. The molecule has 2 amide bonds. The van der Waals surface area contributed by atoms with Gasteiger partial charge in [-0.05, 0) is 18.6 Å². The van der Waals surface area contributed by atoms with E-state index in [0.29, 0.717) is 13.1 Å². The predicted octanol–water partition coefficient (Wildman–Crippen LogP) is 2.64. The molecule has 4 heteroatoms. The quantitative estimate of drug-likeness (QED) is 0.851. The van der Waals surface area contributed by atoms with Gasteiger partial charge in [0, 0.05) is 11.9 Å². The minimum absolute atomic E-state index is 0.160. The molecule has 0 radical (unpaired) electrons. The van der Waals surface area contributed by atoms with E-state index in [1.807, 2.05) is 37.3 Å².